The number of hydrogen-bond acceptors (Lipinski definition) is 4. The van der Waals surface area contributed by atoms with Crippen molar-refractivity contribution in [3.63, 3.8) is 0 Å². The average Bonchev–Trinajstić information content (AvgIpc) is 3.11. The predicted octanol–water partition coefficient (Wildman–Crippen LogP) is 1.45. The summed E-state index contributed by atoms with van der Waals surface area (Å²) < 4.78 is 27.5. The third kappa shape index (κ3) is 3.64. The van der Waals surface area contributed by atoms with Gasteiger partial charge >= 0.3 is 0 Å². The Labute approximate surface area is 160 Å². The summed E-state index contributed by atoms with van der Waals surface area (Å²) in [4.78, 5) is 11.0. The van der Waals surface area contributed by atoms with Crippen molar-refractivity contribution in [1.82, 2.24) is 19.6 Å². The number of rotatable bonds is 5. The number of pyridine rings is 1. The van der Waals surface area contributed by atoms with Crippen LogP contribution in [0.15, 0.2) is 36.7 Å². The highest BCUT2D eigenvalue weighted by Crippen LogP contribution is 2.28. The molecule has 0 spiro atoms. The van der Waals surface area contributed by atoms with E-state index in [0.29, 0.717) is 29.5 Å². The monoisotopic (exact) mass is 386 g/mol. The summed E-state index contributed by atoms with van der Waals surface area (Å²) in [5, 5.41) is 9.71. The van der Waals surface area contributed by atoms with Crippen molar-refractivity contribution in [1.29, 1.82) is 0 Å². The zero-order valence-corrected chi connectivity index (χ0v) is 15.3. The van der Waals surface area contributed by atoms with Crippen molar-refractivity contribution in [3.05, 3.63) is 42.4 Å². The highest BCUT2D eigenvalue weighted by Gasteiger charge is 2.23. The van der Waals surface area contributed by atoms with Crippen LogP contribution in [0.5, 0.6) is 0 Å². The standard InChI is InChI=1S/C19H21F2N7/c20-19(21)14-3-4-17-25-10-15(28(17)26-14)13-5-6-24-18(9-13)27-7-1-2-12(11-27)8-16(22)23/h3-6,9-10,12,19H,1-2,7-8,11H2,(H3,22,23)/p+1. The van der Waals surface area contributed by atoms with Gasteiger partial charge in [-0.25, -0.2) is 23.3 Å². The lowest BCUT2D eigenvalue weighted by molar-refractivity contribution is -0.118. The third-order valence-electron chi connectivity index (χ3n) is 5.02. The molecule has 1 saturated heterocycles. The van der Waals surface area contributed by atoms with Crippen LogP contribution >= 0.6 is 0 Å². The fourth-order valence-corrected chi connectivity index (χ4v) is 3.72. The first kappa shape index (κ1) is 18.3. The smallest absolute Gasteiger partial charge is 0.282 e. The molecule has 1 fully saturated rings. The van der Waals surface area contributed by atoms with Gasteiger partial charge in [0.2, 0.25) is 5.84 Å². The summed E-state index contributed by atoms with van der Waals surface area (Å²) >= 11 is 0. The average molecular weight is 386 g/mol. The number of hydrogen-bond donors (Lipinski definition) is 2. The summed E-state index contributed by atoms with van der Waals surface area (Å²) in [5.74, 6) is 1.69. The van der Waals surface area contributed by atoms with Gasteiger partial charge in [-0.05, 0) is 43.0 Å². The van der Waals surface area contributed by atoms with Crippen LogP contribution in [-0.2, 0) is 0 Å². The Hall–Kier alpha value is -3.10. The van der Waals surface area contributed by atoms with Crippen molar-refractivity contribution in [2.45, 2.75) is 25.7 Å². The van der Waals surface area contributed by atoms with Crippen LogP contribution < -0.4 is 16.0 Å². The van der Waals surface area contributed by atoms with Gasteiger partial charge in [0.1, 0.15) is 11.5 Å². The molecule has 1 unspecified atom stereocenters. The first-order chi connectivity index (χ1) is 13.5. The van der Waals surface area contributed by atoms with E-state index < -0.39 is 6.43 Å². The molecular formula is C19H22F2N7+. The van der Waals surface area contributed by atoms with Gasteiger partial charge in [-0.1, -0.05) is 0 Å². The minimum absolute atomic E-state index is 0.282. The van der Waals surface area contributed by atoms with Gasteiger partial charge in [-0.2, -0.15) is 5.10 Å². The van der Waals surface area contributed by atoms with Gasteiger partial charge in [-0.3, -0.25) is 11.1 Å². The van der Waals surface area contributed by atoms with E-state index in [1.165, 1.54) is 10.6 Å². The highest BCUT2D eigenvalue weighted by molar-refractivity contribution is 5.74. The fraction of sp³-hybridized carbons (Fsp3) is 0.368. The minimum atomic E-state index is -2.63. The van der Waals surface area contributed by atoms with Crippen molar-refractivity contribution in [3.8, 4) is 11.3 Å². The molecule has 0 aliphatic carbocycles. The quantitative estimate of drug-likeness (QED) is 0.511. The number of nitrogens with two attached hydrogens (primary N) is 2. The van der Waals surface area contributed by atoms with Crippen LogP contribution in [0, 0.1) is 5.92 Å². The number of aromatic nitrogens is 4. The number of imidazole rings is 1. The molecule has 3 aromatic heterocycles. The van der Waals surface area contributed by atoms with E-state index in [1.54, 1.807) is 18.5 Å². The zero-order chi connectivity index (χ0) is 19.7. The lowest BCUT2D eigenvalue weighted by atomic mass is 9.94. The predicted molar refractivity (Wildman–Crippen MR) is 102 cm³/mol. The Morgan fingerprint density at radius 1 is 1.29 bits per heavy atom. The Morgan fingerprint density at radius 2 is 2.14 bits per heavy atom. The van der Waals surface area contributed by atoms with Crippen molar-refractivity contribution < 1.29 is 14.2 Å². The van der Waals surface area contributed by atoms with Gasteiger partial charge in [0.25, 0.3) is 6.43 Å². The van der Waals surface area contributed by atoms with Crippen LogP contribution in [0.4, 0.5) is 14.6 Å². The van der Waals surface area contributed by atoms with Gasteiger partial charge in [0.15, 0.2) is 5.65 Å². The second-order valence-corrected chi connectivity index (χ2v) is 7.11. The number of halogens is 2. The summed E-state index contributed by atoms with van der Waals surface area (Å²) in [6.45, 7) is 1.73. The maximum absolute atomic E-state index is 13.0. The van der Waals surface area contributed by atoms with E-state index in [-0.39, 0.29) is 5.69 Å². The molecule has 4 rings (SSSR count). The Bertz CT molecular complexity index is 1000. The van der Waals surface area contributed by atoms with Crippen LogP contribution in [-0.4, -0.2) is 38.5 Å². The first-order valence-electron chi connectivity index (χ1n) is 9.22. The normalized spacial score (nSPS) is 17.4. The maximum Gasteiger partial charge on any atom is 0.282 e. The Balaban J connectivity index is 1.65. The summed E-state index contributed by atoms with van der Waals surface area (Å²) in [5.41, 5.74) is 7.38. The van der Waals surface area contributed by atoms with Gasteiger partial charge in [-0.15, -0.1) is 0 Å². The lowest BCUT2D eigenvalue weighted by Gasteiger charge is -2.33. The van der Waals surface area contributed by atoms with E-state index in [0.717, 1.165) is 37.3 Å². The van der Waals surface area contributed by atoms with Crippen LogP contribution in [0.25, 0.3) is 16.9 Å². The van der Waals surface area contributed by atoms with E-state index in [4.69, 9.17) is 11.1 Å². The molecule has 1 atom stereocenters. The number of amidine groups is 1. The molecule has 4 N–H and O–H groups in total. The van der Waals surface area contributed by atoms with Crippen molar-refractivity contribution >= 4 is 17.3 Å². The first-order valence-corrected chi connectivity index (χ1v) is 9.22. The van der Waals surface area contributed by atoms with E-state index >= 15 is 0 Å². The summed E-state index contributed by atoms with van der Waals surface area (Å²) in [6, 6.07) is 6.61. The SMILES string of the molecule is NC(=[NH2+])CC1CCCN(c2cc(-c3cnc4ccc(C(F)F)nn34)ccn2)C1. The molecule has 3 aromatic rings. The van der Waals surface area contributed by atoms with Gasteiger partial charge < -0.3 is 4.90 Å². The molecule has 28 heavy (non-hydrogen) atoms. The van der Waals surface area contributed by atoms with Gasteiger partial charge in [0, 0.05) is 24.8 Å². The van der Waals surface area contributed by atoms with Crippen LogP contribution in [0.1, 0.15) is 31.4 Å². The summed E-state index contributed by atoms with van der Waals surface area (Å²) in [7, 11) is 0. The minimum Gasteiger partial charge on any atom is -0.356 e. The molecule has 7 nitrogen and oxygen atoms in total. The molecule has 0 bridgehead atoms. The number of fused-ring (bicyclic) bond motifs is 1. The number of piperidine rings is 1. The number of alkyl halides is 2. The van der Waals surface area contributed by atoms with Crippen LogP contribution in [0.2, 0.25) is 0 Å². The fourth-order valence-electron chi connectivity index (χ4n) is 3.72. The maximum atomic E-state index is 13.0. The molecule has 4 heterocycles. The van der Waals surface area contributed by atoms with Crippen molar-refractivity contribution in [2.24, 2.45) is 11.7 Å². The Kier molecular flexibility index (Phi) is 4.89. The zero-order valence-electron chi connectivity index (χ0n) is 15.3. The Morgan fingerprint density at radius 3 is 2.93 bits per heavy atom. The molecule has 146 valence electrons. The summed E-state index contributed by atoms with van der Waals surface area (Å²) in [6.07, 6.45) is 3.54. The molecule has 0 aromatic carbocycles. The molecule has 1 aliphatic rings. The molecular weight excluding hydrogens is 364 g/mol. The largest absolute Gasteiger partial charge is 0.356 e. The molecule has 0 amide bonds. The molecule has 1 aliphatic heterocycles. The van der Waals surface area contributed by atoms with E-state index in [9.17, 15) is 8.78 Å². The molecule has 0 radical (unpaired) electrons. The number of anilines is 1. The van der Waals surface area contributed by atoms with E-state index in [2.05, 4.69) is 20.0 Å². The lowest BCUT2D eigenvalue weighted by Crippen LogP contribution is -2.48. The number of nitrogens with zero attached hydrogens (tertiary/aromatic N) is 5. The van der Waals surface area contributed by atoms with Crippen LogP contribution in [0.3, 0.4) is 0 Å². The second-order valence-electron chi connectivity index (χ2n) is 7.11. The second kappa shape index (κ2) is 7.49. The highest BCUT2D eigenvalue weighted by atomic mass is 19.3. The molecule has 9 heteroatoms. The van der Waals surface area contributed by atoms with Crippen molar-refractivity contribution in [2.75, 3.05) is 18.0 Å². The third-order valence-corrected chi connectivity index (χ3v) is 5.02. The topological polar surface area (TPSA) is 97.9 Å². The van der Waals surface area contributed by atoms with E-state index in [1.807, 2.05) is 12.1 Å². The molecule has 0 saturated carbocycles. The van der Waals surface area contributed by atoms with Gasteiger partial charge in [0.05, 0.1) is 18.3 Å².